The Morgan fingerprint density at radius 1 is 1.32 bits per heavy atom. The van der Waals surface area contributed by atoms with Crippen molar-refractivity contribution in [3.63, 3.8) is 0 Å². The van der Waals surface area contributed by atoms with Gasteiger partial charge in [0.2, 0.25) is 0 Å². The van der Waals surface area contributed by atoms with Crippen LogP contribution in [0.1, 0.15) is 24.7 Å². The van der Waals surface area contributed by atoms with Gasteiger partial charge in [0.05, 0.1) is 13.2 Å². The second kappa shape index (κ2) is 6.95. The summed E-state index contributed by atoms with van der Waals surface area (Å²) in [6, 6.07) is 8.20. The first-order valence-corrected chi connectivity index (χ1v) is 6.66. The monoisotopic (exact) mass is 259 g/mol. The number of nitrogens with one attached hydrogen (secondary N) is 1. The maximum absolute atomic E-state index is 5.21. The van der Waals surface area contributed by atoms with Crippen molar-refractivity contribution in [2.75, 3.05) is 12.4 Å². The van der Waals surface area contributed by atoms with E-state index in [1.54, 1.807) is 7.11 Å². The van der Waals surface area contributed by atoms with Crippen LogP contribution in [0.2, 0.25) is 0 Å². The number of hydrogen-bond donors (Lipinski definition) is 1. The van der Waals surface area contributed by atoms with Gasteiger partial charge in [-0.15, -0.1) is 0 Å². The Bertz CT molecular complexity index is 508. The van der Waals surface area contributed by atoms with Crippen LogP contribution in [0, 0.1) is 0 Å². The van der Waals surface area contributed by atoms with Crippen LogP contribution in [0.15, 0.2) is 36.7 Å². The van der Waals surface area contributed by atoms with Gasteiger partial charge in [-0.3, -0.25) is 0 Å². The second-order valence-corrected chi connectivity index (χ2v) is 4.48. The number of aromatic nitrogens is 2. The molecule has 1 aromatic heterocycles. The first-order valence-electron chi connectivity index (χ1n) is 6.66. The molecule has 0 aliphatic heterocycles. The van der Waals surface area contributed by atoms with Crippen LogP contribution in [0.5, 0.6) is 0 Å². The van der Waals surface area contributed by atoms with E-state index in [9.17, 15) is 0 Å². The molecule has 0 fully saturated rings. The molecular weight excluding hydrogens is 238 g/mol. The third-order valence-electron chi connectivity index (χ3n) is 3.02. The van der Waals surface area contributed by atoms with Crippen LogP contribution in [0.3, 0.4) is 0 Å². The van der Waals surface area contributed by atoms with Crippen molar-refractivity contribution in [3.05, 3.63) is 48.0 Å². The zero-order valence-electron chi connectivity index (χ0n) is 11.6. The minimum Gasteiger partial charge on any atom is -0.380 e. The lowest BCUT2D eigenvalue weighted by Gasteiger charge is -2.12. The molecule has 2 aromatic rings. The van der Waals surface area contributed by atoms with E-state index >= 15 is 0 Å². The number of aryl methyl sites for hydroxylation is 1. The number of rotatable bonds is 7. The summed E-state index contributed by atoms with van der Waals surface area (Å²) in [6.07, 6.45) is 5.00. The number of hydrogen-bond acceptors (Lipinski definition) is 3. The van der Waals surface area contributed by atoms with Crippen LogP contribution in [-0.2, 0) is 24.4 Å². The summed E-state index contributed by atoms with van der Waals surface area (Å²) in [5, 5.41) is 3.44. The number of ether oxygens (including phenoxy) is 1. The average Bonchev–Trinajstić information content (AvgIpc) is 2.86. The highest BCUT2D eigenvalue weighted by atomic mass is 16.5. The standard InChI is InChI=1S/C15H21N3O/c1-3-9-18-10-8-16-15(18)11-17-14-7-5-4-6-13(14)12-19-2/h4-8,10,17H,3,9,11-12H2,1-2H3. The zero-order valence-corrected chi connectivity index (χ0v) is 11.6. The molecular formula is C15H21N3O. The van der Waals surface area contributed by atoms with Gasteiger partial charge >= 0.3 is 0 Å². The molecule has 0 radical (unpaired) electrons. The molecule has 1 aromatic carbocycles. The normalized spacial score (nSPS) is 10.6. The number of benzene rings is 1. The highest BCUT2D eigenvalue weighted by Gasteiger charge is 2.04. The lowest BCUT2D eigenvalue weighted by atomic mass is 10.2. The fraction of sp³-hybridized carbons (Fsp3) is 0.400. The summed E-state index contributed by atoms with van der Waals surface area (Å²) >= 11 is 0. The first kappa shape index (κ1) is 13.6. The van der Waals surface area contributed by atoms with Crippen molar-refractivity contribution in [2.45, 2.75) is 33.0 Å². The largest absolute Gasteiger partial charge is 0.380 e. The molecule has 4 nitrogen and oxygen atoms in total. The molecule has 0 saturated carbocycles. The van der Waals surface area contributed by atoms with Gasteiger partial charge in [0.25, 0.3) is 0 Å². The maximum atomic E-state index is 5.21. The van der Waals surface area contributed by atoms with Crippen LogP contribution < -0.4 is 5.32 Å². The van der Waals surface area contributed by atoms with Gasteiger partial charge in [-0.05, 0) is 12.5 Å². The second-order valence-electron chi connectivity index (χ2n) is 4.48. The summed E-state index contributed by atoms with van der Waals surface area (Å²) in [6.45, 7) is 4.53. The number of methoxy groups -OCH3 is 1. The number of para-hydroxylation sites is 1. The SMILES string of the molecule is CCCn1ccnc1CNc1ccccc1COC. The molecule has 2 rings (SSSR count). The summed E-state index contributed by atoms with van der Waals surface area (Å²) < 4.78 is 7.39. The van der Waals surface area contributed by atoms with Crippen molar-refractivity contribution in [3.8, 4) is 0 Å². The van der Waals surface area contributed by atoms with Crippen LogP contribution in [0.25, 0.3) is 0 Å². The Morgan fingerprint density at radius 3 is 2.95 bits per heavy atom. The van der Waals surface area contributed by atoms with Crippen molar-refractivity contribution >= 4 is 5.69 Å². The smallest absolute Gasteiger partial charge is 0.128 e. The average molecular weight is 259 g/mol. The third-order valence-corrected chi connectivity index (χ3v) is 3.02. The molecule has 0 bridgehead atoms. The number of imidazole rings is 1. The summed E-state index contributed by atoms with van der Waals surface area (Å²) in [5.41, 5.74) is 2.27. The van der Waals surface area contributed by atoms with Crippen LogP contribution in [-0.4, -0.2) is 16.7 Å². The van der Waals surface area contributed by atoms with Gasteiger partial charge in [-0.1, -0.05) is 25.1 Å². The van der Waals surface area contributed by atoms with E-state index in [1.807, 2.05) is 24.5 Å². The Hall–Kier alpha value is -1.81. The van der Waals surface area contributed by atoms with Crippen molar-refractivity contribution in [1.29, 1.82) is 0 Å². The predicted molar refractivity (Wildman–Crippen MR) is 77.0 cm³/mol. The molecule has 0 spiro atoms. The minimum absolute atomic E-state index is 0.618. The summed E-state index contributed by atoms with van der Waals surface area (Å²) in [5.74, 6) is 1.06. The molecule has 0 atom stereocenters. The van der Waals surface area contributed by atoms with Crippen LogP contribution in [0.4, 0.5) is 5.69 Å². The molecule has 0 aliphatic carbocycles. The minimum atomic E-state index is 0.618. The quantitative estimate of drug-likeness (QED) is 0.830. The summed E-state index contributed by atoms with van der Waals surface area (Å²) in [7, 11) is 1.71. The molecule has 1 heterocycles. The Kier molecular flexibility index (Phi) is 4.98. The molecule has 0 unspecified atom stereocenters. The molecule has 0 amide bonds. The molecule has 0 saturated heterocycles. The van der Waals surface area contributed by atoms with E-state index in [4.69, 9.17) is 4.74 Å². The maximum Gasteiger partial charge on any atom is 0.128 e. The lowest BCUT2D eigenvalue weighted by molar-refractivity contribution is 0.185. The van der Waals surface area contributed by atoms with E-state index in [0.717, 1.165) is 31.0 Å². The molecule has 4 heteroatoms. The number of anilines is 1. The Morgan fingerprint density at radius 2 is 2.16 bits per heavy atom. The van der Waals surface area contributed by atoms with Crippen LogP contribution >= 0.6 is 0 Å². The Labute approximate surface area is 114 Å². The van der Waals surface area contributed by atoms with E-state index in [2.05, 4.69) is 33.9 Å². The van der Waals surface area contributed by atoms with Gasteiger partial charge in [0.1, 0.15) is 5.82 Å². The highest BCUT2D eigenvalue weighted by Crippen LogP contribution is 2.16. The van der Waals surface area contributed by atoms with Gasteiger partial charge in [0.15, 0.2) is 0 Å². The fourth-order valence-corrected chi connectivity index (χ4v) is 2.10. The first-order chi connectivity index (χ1) is 9.35. The van der Waals surface area contributed by atoms with Crippen molar-refractivity contribution in [2.24, 2.45) is 0 Å². The highest BCUT2D eigenvalue weighted by molar-refractivity contribution is 5.50. The van der Waals surface area contributed by atoms with E-state index in [0.29, 0.717) is 6.61 Å². The molecule has 1 N–H and O–H groups in total. The third kappa shape index (κ3) is 3.58. The van der Waals surface area contributed by atoms with E-state index in [1.165, 1.54) is 5.56 Å². The van der Waals surface area contributed by atoms with Gasteiger partial charge in [0, 0.05) is 37.3 Å². The molecule has 0 aliphatic rings. The van der Waals surface area contributed by atoms with Crippen molar-refractivity contribution < 1.29 is 4.74 Å². The van der Waals surface area contributed by atoms with Crippen molar-refractivity contribution in [1.82, 2.24) is 9.55 Å². The van der Waals surface area contributed by atoms with E-state index < -0.39 is 0 Å². The van der Waals surface area contributed by atoms with Gasteiger partial charge in [-0.25, -0.2) is 4.98 Å². The lowest BCUT2D eigenvalue weighted by Crippen LogP contribution is -2.09. The fourth-order valence-electron chi connectivity index (χ4n) is 2.10. The Balaban J connectivity index is 2.03. The molecule has 102 valence electrons. The molecule has 19 heavy (non-hydrogen) atoms. The van der Waals surface area contributed by atoms with Gasteiger partial charge in [-0.2, -0.15) is 0 Å². The topological polar surface area (TPSA) is 39.1 Å². The van der Waals surface area contributed by atoms with Gasteiger partial charge < -0.3 is 14.6 Å². The van der Waals surface area contributed by atoms with E-state index in [-0.39, 0.29) is 0 Å². The number of nitrogens with zero attached hydrogens (tertiary/aromatic N) is 2. The zero-order chi connectivity index (χ0) is 13.5. The predicted octanol–water partition coefficient (Wildman–Crippen LogP) is 3.05. The summed E-state index contributed by atoms with van der Waals surface area (Å²) in [4.78, 5) is 4.39.